The maximum absolute atomic E-state index is 13.3. The standard InChI is InChI=1S/C23H27N3O3S.ClH/c1-15-3-2-4-18(13-15)25-19-14-24-22(21-17-7-5-16(6-8-17)20(19)21)23(27)26-9-11-30(28,29)12-10-26;/h2-4,13-14,16-17,25H,5-12H2,1H3;1H. The molecule has 6 nitrogen and oxygen atoms in total. The number of nitrogens with zero attached hydrogens (tertiary/aromatic N) is 2. The zero-order chi connectivity index (χ0) is 20.9. The molecule has 3 aliphatic carbocycles. The lowest BCUT2D eigenvalue weighted by Gasteiger charge is -2.40. The van der Waals surface area contributed by atoms with Crippen LogP contribution in [-0.4, -0.2) is 48.8 Å². The van der Waals surface area contributed by atoms with Crippen LogP contribution in [-0.2, 0) is 9.84 Å². The topological polar surface area (TPSA) is 79.4 Å². The maximum atomic E-state index is 13.3. The van der Waals surface area contributed by atoms with Crippen molar-refractivity contribution in [2.75, 3.05) is 29.9 Å². The second-order valence-corrected chi connectivity index (χ2v) is 11.1. The van der Waals surface area contributed by atoms with Crippen molar-refractivity contribution >= 4 is 39.5 Å². The summed E-state index contributed by atoms with van der Waals surface area (Å²) in [6.07, 6.45) is 6.30. The van der Waals surface area contributed by atoms with Crippen LogP contribution in [0.15, 0.2) is 30.5 Å². The summed E-state index contributed by atoms with van der Waals surface area (Å²) >= 11 is 0. The first-order chi connectivity index (χ1) is 14.4. The predicted molar refractivity (Wildman–Crippen MR) is 124 cm³/mol. The normalized spacial score (nSPS) is 23.6. The molecule has 2 aromatic rings. The Morgan fingerprint density at radius 1 is 1.06 bits per heavy atom. The summed E-state index contributed by atoms with van der Waals surface area (Å²) in [4.78, 5) is 19.6. The van der Waals surface area contributed by atoms with E-state index in [9.17, 15) is 13.2 Å². The Hall–Kier alpha value is -2.12. The van der Waals surface area contributed by atoms with E-state index in [1.54, 1.807) is 11.1 Å². The van der Waals surface area contributed by atoms with Crippen LogP contribution in [0.2, 0.25) is 0 Å². The molecule has 6 rings (SSSR count). The minimum Gasteiger partial charge on any atom is -0.354 e. The highest BCUT2D eigenvalue weighted by Gasteiger charge is 2.39. The molecule has 0 atom stereocenters. The number of halogens is 1. The van der Waals surface area contributed by atoms with E-state index >= 15 is 0 Å². The van der Waals surface area contributed by atoms with E-state index in [0.717, 1.165) is 42.6 Å². The third-order valence-corrected chi connectivity index (χ3v) is 8.44. The van der Waals surface area contributed by atoms with E-state index in [2.05, 4.69) is 29.4 Å². The summed E-state index contributed by atoms with van der Waals surface area (Å²) in [7, 11) is -3.03. The first-order valence-electron chi connectivity index (χ1n) is 10.8. The maximum Gasteiger partial charge on any atom is 0.272 e. The van der Waals surface area contributed by atoms with Crippen LogP contribution in [0, 0.1) is 6.92 Å². The molecule has 1 N–H and O–H groups in total. The van der Waals surface area contributed by atoms with Crippen LogP contribution in [0.25, 0.3) is 0 Å². The number of benzene rings is 1. The number of anilines is 2. The highest BCUT2D eigenvalue weighted by atomic mass is 35.5. The number of aromatic nitrogens is 1. The molecular formula is C23H28ClN3O3S. The quantitative estimate of drug-likeness (QED) is 0.741. The summed E-state index contributed by atoms with van der Waals surface area (Å²) < 4.78 is 23.5. The van der Waals surface area contributed by atoms with Crippen molar-refractivity contribution in [3.8, 4) is 0 Å². The molecule has 0 spiro atoms. The zero-order valence-corrected chi connectivity index (χ0v) is 19.3. The zero-order valence-electron chi connectivity index (χ0n) is 17.6. The summed E-state index contributed by atoms with van der Waals surface area (Å²) in [5.74, 6) is 0.786. The molecule has 2 heterocycles. The van der Waals surface area contributed by atoms with Crippen LogP contribution in [0.5, 0.6) is 0 Å². The number of hydrogen-bond acceptors (Lipinski definition) is 5. The van der Waals surface area contributed by atoms with Crippen molar-refractivity contribution < 1.29 is 13.2 Å². The molecule has 1 aliphatic heterocycles. The van der Waals surface area contributed by atoms with Gasteiger partial charge in [0.1, 0.15) is 5.69 Å². The van der Waals surface area contributed by atoms with Crippen LogP contribution in [0.1, 0.15) is 64.7 Å². The molecule has 0 unspecified atom stereocenters. The Bertz CT molecular complexity index is 1100. The summed E-state index contributed by atoms with van der Waals surface area (Å²) in [5.41, 5.74) is 6.11. The fourth-order valence-corrected chi connectivity index (χ4v) is 6.48. The number of fused-ring (bicyclic) bond motifs is 2. The molecule has 166 valence electrons. The number of carbonyl (C=O) groups is 1. The van der Waals surface area contributed by atoms with Crippen LogP contribution >= 0.6 is 12.4 Å². The van der Waals surface area contributed by atoms with Gasteiger partial charge in [-0.05, 0) is 73.3 Å². The van der Waals surface area contributed by atoms with E-state index in [1.807, 2.05) is 12.1 Å². The average molecular weight is 462 g/mol. The van der Waals surface area contributed by atoms with Crippen molar-refractivity contribution in [2.24, 2.45) is 0 Å². The van der Waals surface area contributed by atoms with Gasteiger partial charge in [0, 0.05) is 18.8 Å². The van der Waals surface area contributed by atoms with Gasteiger partial charge in [-0.15, -0.1) is 12.4 Å². The number of nitrogens with one attached hydrogen (secondary N) is 1. The number of rotatable bonds is 3. The molecular weight excluding hydrogens is 434 g/mol. The van der Waals surface area contributed by atoms with Gasteiger partial charge >= 0.3 is 0 Å². The van der Waals surface area contributed by atoms with Gasteiger partial charge in [-0.1, -0.05) is 12.1 Å². The van der Waals surface area contributed by atoms with Crippen LogP contribution in [0.3, 0.4) is 0 Å². The summed E-state index contributed by atoms with van der Waals surface area (Å²) in [6.45, 7) is 2.59. The molecule has 1 saturated carbocycles. The van der Waals surface area contributed by atoms with Gasteiger partial charge in [-0.25, -0.2) is 13.4 Å². The monoisotopic (exact) mass is 461 g/mol. The molecule has 8 heteroatoms. The van der Waals surface area contributed by atoms with Crippen molar-refractivity contribution in [2.45, 2.75) is 44.4 Å². The highest BCUT2D eigenvalue weighted by Crippen LogP contribution is 2.53. The van der Waals surface area contributed by atoms with Gasteiger partial charge in [-0.2, -0.15) is 0 Å². The van der Waals surface area contributed by atoms with Gasteiger partial charge in [0.05, 0.1) is 23.4 Å². The third-order valence-electron chi connectivity index (χ3n) is 6.83. The molecule has 1 aromatic heterocycles. The smallest absolute Gasteiger partial charge is 0.272 e. The lowest BCUT2D eigenvalue weighted by molar-refractivity contribution is 0.0761. The van der Waals surface area contributed by atoms with Crippen molar-refractivity contribution in [1.82, 2.24) is 9.88 Å². The van der Waals surface area contributed by atoms with Crippen LogP contribution < -0.4 is 5.32 Å². The Morgan fingerprint density at radius 2 is 1.71 bits per heavy atom. The fraction of sp³-hybridized carbons (Fsp3) is 0.478. The predicted octanol–water partition coefficient (Wildman–Crippen LogP) is 4.18. The Balaban J connectivity index is 0.00000231. The second kappa shape index (κ2) is 8.43. The molecule has 31 heavy (non-hydrogen) atoms. The number of amides is 1. The van der Waals surface area contributed by atoms with Gasteiger partial charge < -0.3 is 10.2 Å². The summed E-state index contributed by atoms with van der Waals surface area (Å²) in [6, 6.07) is 8.27. The van der Waals surface area contributed by atoms with Gasteiger partial charge in [-0.3, -0.25) is 4.79 Å². The van der Waals surface area contributed by atoms with E-state index in [0.29, 0.717) is 17.5 Å². The first kappa shape index (κ1) is 22.1. The summed E-state index contributed by atoms with van der Waals surface area (Å²) in [5, 5.41) is 3.55. The first-order valence-corrected chi connectivity index (χ1v) is 12.6. The number of hydrogen-bond donors (Lipinski definition) is 1. The molecule has 2 fully saturated rings. The van der Waals surface area contributed by atoms with Gasteiger partial charge in [0.15, 0.2) is 9.84 Å². The number of pyridine rings is 1. The fourth-order valence-electron chi connectivity index (χ4n) is 5.28. The Kier molecular flexibility index (Phi) is 6.01. The highest BCUT2D eigenvalue weighted by molar-refractivity contribution is 7.91. The molecule has 1 amide bonds. The van der Waals surface area contributed by atoms with Crippen LogP contribution in [0.4, 0.5) is 11.4 Å². The molecule has 1 saturated heterocycles. The Morgan fingerprint density at radius 3 is 2.35 bits per heavy atom. The van der Waals surface area contributed by atoms with Crippen molar-refractivity contribution in [3.05, 3.63) is 52.8 Å². The minimum atomic E-state index is -3.03. The lowest BCUT2D eigenvalue weighted by atomic mass is 9.66. The Labute approximate surface area is 189 Å². The van der Waals surface area contributed by atoms with Gasteiger partial charge in [0.2, 0.25) is 0 Å². The average Bonchev–Trinajstić information content (AvgIpc) is 2.74. The van der Waals surface area contributed by atoms with E-state index < -0.39 is 9.84 Å². The second-order valence-electron chi connectivity index (χ2n) is 8.83. The molecule has 4 aliphatic rings. The van der Waals surface area contributed by atoms with Gasteiger partial charge in [0.25, 0.3) is 5.91 Å². The number of carbonyl (C=O) groups excluding carboxylic acids is 1. The SMILES string of the molecule is Cc1cccc(Nc2cnc(C(=O)N3CCS(=O)(=O)CC3)c3c2C2CCC3CC2)c1.Cl. The van der Waals surface area contributed by atoms with Crippen molar-refractivity contribution in [3.63, 3.8) is 0 Å². The third kappa shape index (κ3) is 4.17. The van der Waals surface area contributed by atoms with E-state index in [4.69, 9.17) is 0 Å². The molecule has 0 radical (unpaired) electrons. The number of aryl methyl sites for hydroxylation is 1. The minimum absolute atomic E-state index is 0. The van der Waals surface area contributed by atoms with E-state index in [-0.39, 0.29) is 42.9 Å². The van der Waals surface area contributed by atoms with Crippen molar-refractivity contribution in [1.29, 1.82) is 0 Å². The number of sulfone groups is 1. The van der Waals surface area contributed by atoms with E-state index in [1.165, 1.54) is 11.1 Å². The lowest BCUT2D eigenvalue weighted by Crippen LogP contribution is -2.44. The molecule has 2 bridgehead atoms. The largest absolute Gasteiger partial charge is 0.354 e. The molecule has 1 aromatic carbocycles.